The highest BCUT2D eigenvalue weighted by atomic mass is 35.5. The molecule has 1 N–H and O–H groups in total. The molecule has 2 aliphatic rings. The van der Waals surface area contributed by atoms with Crippen LogP contribution >= 0.6 is 11.6 Å². The van der Waals surface area contributed by atoms with E-state index in [2.05, 4.69) is 20.3 Å². The number of pyridine rings is 1. The first-order valence-corrected chi connectivity index (χ1v) is 9.37. The predicted octanol–water partition coefficient (Wildman–Crippen LogP) is 2.50. The van der Waals surface area contributed by atoms with Crippen LogP contribution in [-0.4, -0.2) is 52.4 Å². The molecule has 1 fully saturated rings. The Morgan fingerprint density at radius 3 is 2.74 bits per heavy atom. The van der Waals surface area contributed by atoms with E-state index >= 15 is 0 Å². The van der Waals surface area contributed by atoms with Gasteiger partial charge in [0.25, 0.3) is 5.91 Å². The van der Waals surface area contributed by atoms with Crippen molar-refractivity contribution < 1.29 is 9.18 Å². The highest BCUT2D eigenvalue weighted by molar-refractivity contribution is 6.30. The summed E-state index contributed by atoms with van der Waals surface area (Å²) in [5, 5.41) is 3.18. The molecule has 0 unspecified atom stereocenters. The van der Waals surface area contributed by atoms with Crippen molar-refractivity contribution in [2.75, 3.05) is 36.9 Å². The minimum absolute atomic E-state index is 0.0889. The van der Waals surface area contributed by atoms with Gasteiger partial charge in [0.1, 0.15) is 5.69 Å². The van der Waals surface area contributed by atoms with Crippen LogP contribution in [0.15, 0.2) is 12.3 Å². The summed E-state index contributed by atoms with van der Waals surface area (Å²) in [6.45, 7) is 2.36. The Labute approximate surface area is 161 Å². The van der Waals surface area contributed by atoms with Gasteiger partial charge in [-0.2, -0.15) is 0 Å². The number of hydrogen-bond donors (Lipinski definition) is 1. The Hall–Kier alpha value is -2.48. The van der Waals surface area contributed by atoms with Crippen LogP contribution in [0.4, 0.5) is 16.2 Å². The minimum Gasteiger partial charge on any atom is -0.357 e. The molecule has 2 aromatic heterocycles. The monoisotopic (exact) mass is 390 g/mol. The molecule has 4 heterocycles. The Balaban J connectivity index is 1.71. The van der Waals surface area contributed by atoms with Gasteiger partial charge in [-0.3, -0.25) is 4.79 Å². The molecule has 0 atom stereocenters. The van der Waals surface area contributed by atoms with Crippen molar-refractivity contribution in [3.8, 4) is 0 Å². The number of carbonyl (C=O) groups excluding carboxylic acids is 1. The summed E-state index contributed by atoms with van der Waals surface area (Å²) < 4.78 is 14.3. The molecule has 4 rings (SSSR count). The zero-order valence-electron chi connectivity index (χ0n) is 15.0. The second-order valence-corrected chi connectivity index (χ2v) is 7.14. The van der Waals surface area contributed by atoms with Crippen molar-refractivity contribution in [3.05, 3.63) is 40.1 Å². The number of hydrogen-bond acceptors (Lipinski definition) is 6. The largest absolute Gasteiger partial charge is 0.357 e. The number of anilines is 2. The number of rotatable bonds is 3. The number of nitrogens with zero attached hydrogens (tertiary/aromatic N) is 5. The van der Waals surface area contributed by atoms with Crippen LogP contribution < -0.4 is 10.2 Å². The quantitative estimate of drug-likeness (QED) is 0.868. The van der Waals surface area contributed by atoms with Crippen molar-refractivity contribution in [3.63, 3.8) is 0 Å². The molecule has 142 valence electrons. The number of carbonyl (C=O) groups is 1. The molecule has 1 amide bonds. The molecular weight excluding hydrogens is 371 g/mol. The highest BCUT2D eigenvalue weighted by Crippen LogP contribution is 2.28. The fraction of sp³-hybridized carbons (Fsp3) is 0.444. The maximum atomic E-state index is 14.3. The lowest BCUT2D eigenvalue weighted by Gasteiger charge is -2.31. The number of amides is 1. The van der Waals surface area contributed by atoms with Crippen LogP contribution in [0, 0.1) is 5.82 Å². The second-order valence-electron chi connectivity index (χ2n) is 6.70. The lowest BCUT2D eigenvalue weighted by atomic mass is 10.0. The third kappa shape index (κ3) is 3.41. The molecule has 0 bridgehead atoms. The van der Waals surface area contributed by atoms with E-state index < -0.39 is 5.82 Å². The van der Waals surface area contributed by atoms with Gasteiger partial charge < -0.3 is 15.1 Å². The second kappa shape index (κ2) is 7.26. The first-order chi connectivity index (χ1) is 13.1. The van der Waals surface area contributed by atoms with Crippen LogP contribution in [-0.2, 0) is 13.0 Å². The van der Waals surface area contributed by atoms with Crippen LogP contribution in [0.1, 0.15) is 34.6 Å². The van der Waals surface area contributed by atoms with Gasteiger partial charge in [0, 0.05) is 51.4 Å². The van der Waals surface area contributed by atoms with E-state index in [9.17, 15) is 9.18 Å². The topological polar surface area (TPSA) is 74.2 Å². The third-order valence-electron chi connectivity index (χ3n) is 4.97. The maximum Gasteiger partial charge on any atom is 0.273 e. The standard InChI is InChI=1S/C18H20ClFN6O/c1-21-18-23-14-4-7-26(16-13(20)8-11(19)9-22-16)10-12(14)15(24-18)17(27)25-5-2-3-6-25/h8-9H,2-7,10H2,1H3,(H,21,23,24). The van der Waals surface area contributed by atoms with E-state index in [0.29, 0.717) is 31.2 Å². The van der Waals surface area contributed by atoms with Crippen LogP contribution in [0.25, 0.3) is 0 Å². The zero-order valence-corrected chi connectivity index (χ0v) is 15.8. The predicted molar refractivity (Wildman–Crippen MR) is 101 cm³/mol. The fourth-order valence-electron chi connectivity index (χ4n) is 3.59. The summed E-state index contributed by atoms with van der Waals surface area (Å²) >= 11 is 5.81. The number of aromatic nitrogens is 3. The van der Waals surface area contributed by atoms with E-state index in [1.54, 1.807) is 11.9 Å². The molecular formula is C18H20ClFN6O. The van der Waals surface area contributed by atoms with Gasteiger partial charge in [0.15, 0.2) is 11.6 Å². The van der Waals surface area contributed by atoms with Crippen LogP contribution in [0.3, 0.4) is 0 Å². The first kappa shape index (κ1) is 17.9. The highest BCUT2D eigenvalue weighted by Gasteiger charge is 2.30. The van der Waals surface area contributed by atoms with Gasteiger partial charge in [-0.05, 0) is 18.9 Å². The smallest absolute Gasteiger partial charge is 0.273 e. The lowest BCUT2D eigenvalue weighted by Crippen LogP contribution is -2.36. The van der Waals surface area contributed by atoms with E-state index in [1.165, 1.54) is 12.3 Å². The van der Waals surface area contributed by atoms with Crippen LogP contribution in [0.5, 0.6) is 0 Å². The average molecular weight is 391 g/mol. The average Bonchev–Trinajstić information content (AvgIpc) is 3.21. The van der Waals surface area contributed by atoms with E-state index in [4.69, 9.17) is 11.6 Å². The minimum atomic E-state index is -0.480. The summed E-state index contributed by atoms with van der Waals surface area (Å²) in [7, 11) is 1.73. The molecule has 27 heavy (non-hydrogen) atoms. The van der Waals surface area contributed by atoms with Gasteiger partial charge in [-0.15, -0.1) is 0 Å². The molecule has 0 spiro atoms. The van der Waals surface area contributed by atoms with E-state index in [1.807, 2.05) is 4.90 Å². The molecule has 0 saturated carbocycles. The maximum absolute atomic E-state index is 14.3. The molecule has 1 saturated heterocycles. The number of fused-ring (bicyclic) bond motifs is 1. The van der Waals surface area contributed by atoms with Crippen molar-refractivity contribution in [2.45, 2.75) is 25.8 Å². The molecule has 2 aromatic rings. The SMILES string of the molecule is CNc1nc2c(c(C(=O)N3CCCC3)n1)CN(c1ncc(Cl)cc1F)CC2. The first-order valence-electron chi connectivity index (χ1n) is 8.99. The molecule has 0 radical (unpaired) electrons. The molecule has 0 aromatic carbocycles. The third-order valence-corrected chi connectivity index (χ3v) is 5.17. The van der Waals surface area contributed by atoms with Crippen molar-refractivity contribution in [1.29, 1.82) is 0 Å². The molecule has 9 heteroatoms. The normalized spacial score (nSPS) is 16.4. The van der Waals surface area contributed by atoms with Crippen molar-refractivity contribution in [2.24, 2.45) is 0 Å². The van der Waals surface area contributed by atoms with E-state index in [0.717, 1.165) is 37.2 Å². The van der Waals surface area contributed by atoms with Gasteiger partial charge in [-0.1, -0.05) is 11.6 Å². The Bertz CT molecular complexity index is 886. The lowest BCUT2D eigenvalue weighted by molar-refractivity contribution is 0.0785. The van der Waals surface area contributed by atoms with Crippen molar-refractivity contribution in [1.82, 2.24) is 19.9 Å². The van der Waals surface area contributed by atoms with E-state index in [-0.39, 0.29) is 16.7 Å². The summed E-state index contributed by atoms with van der Waals surface area (Å²) in [4.78, 5) is 29.7. The van der Waals surface area contributed by atoms with Crippen LogP contribution in [0.2, 0.25) is 5.02 Å². The summed E-state index contributed by atoms with van der Waals surface area (Å²) in [6, 6.07) is 1.25. The zero-order chi connectivity index (χ0) is 19.0. The van der Waals surface area contributed by atoms with Gasteiger partial charge in [0.05, 0.1) is 10.7 Å². The number of nitrogens with one attached hydrogen (secondary N) is 1. The fourth-order valence-corrected chi connectivity index (χ4v) is 3.74. The van der Waals surface area contributed by atoms with Gasteiger partial charge in [0.2, 0.25) is 5.95 Å². The van der Waals surface area contributed by atoms with Crippen molar-refractivity contribution >= 4 is 29.3 Å². The molecule has 0 aliphatic carbocycles. The van der Waals surface area contributed by atoms with Gasteiger partial charge in [-0.25, -0.2) is 19.3 Å². The summed E-state index contributed by atoms with van der Waals surface area (Å²) in [6.07, 6.45) is 4.01. The Kier molecular flexibility index (Phi) is 4.82. The van der Waals surface area contributed by atoms with Gasteiger partial charge >= 0.3 is 0 Å². The Morgan fingerprint density at radius 2 is 2.04 bits per heavy atom. The summed E-state index contributed by atoms with van der Waals surface area (Å²) in [5.74, 6) is 0.0861. The molecule has 2 aliphatic heterocycles. The number of halogens is 2. The number of likely N-dealkylation sites (tertiary alicyclic amines) is 1. The Morgan fingerprint density at radius 1 is 1.26 bits per heavy atom. The molecule has 7 nitrogen and oxygen atoms in total. The summed E-state index contributed by atoms with van der Waals surface area (Å²) in [5.41, 5.74) is 1.96.